The van der Waals surface area contributed by atoms with Crippen molar-refractivity contribution in [2.75, 3.05) is 12.4 Å². The van der Waals surface area contributed by atoms with Crippen molar-refractivity contribution in [2.45, 2.75) is 13.1 Å². The molecule has 4 rings (SSSR count). The molecule has 0 unspecified atom stereocenters. The third-order valence-electron chi connectivity index (χ3n) is 4.41. The molecule has 0 aliphatic carbocycles. The third-order valence-corrected chi connectivity index (χ3v) is 6.08. The van der Waals surface area contributed by atoms with Crippen LogP contribution in [-0.2, 0) is 13.1 Å². The van der Waals surface area contributed by atoms with E-state index in [1.807, 2.05) is 6.07 Å². The van der Waals surface area contributed by atoms with Crippen LogP contribution in [0, 0.1) is 5.82 Å². The predicted molar refractivity (Wildman–Crippen MR) is 127 cm³/mol. The molecule has 174 valence electrons. The topological polar surface area (TPSA) is 109 Å². The summed E-state index contributed by atoms with van der Waals surface area (Å²) in [6.45, 7) is 0.358. The molecule has 3 aromatic heterocycles. The molecule has 2 N–H and O–H groups in total. The standard InChI is InChI=1S/C22H19FN6O3S2/c1-29(22(31)32-18-13-33-19(27-18)15-5-3-7-24-10-15)11-17-12-34-21(26-17)28-20(30)25-9-14-4-2-6-16(23)8-14/h2-8,10,12-13H,9,11H2,1H3,(H2,25,26,28,30). The largest absolute Gasteiger partial charge is 0.416 e. The lowest BCUT2D eigenvalue weighted by molar-refractivity contribution is 0.159. The van der Waals surface area contributed by atoms with Crippen molar-refractivity contribution in [1.29, 1.82) is 0 Å². The quantitative estimate of drug-likeness (QED) is 0.381. The van der Waals surface area contributed by atoms with E-state index in [4.69, 9.17) is 4.74 Å². The van der Waals surface area contributed by atoms with E-state index in [1.54, 1.807) is 48.4 Å². The lowest BCUT2D eigenvalue weighted by Crippen LogP contribution is -2.29. The average molecular weight is 499 g/mol. The molecule has 3 heterocycles. The van der Waals surface area contributed by atoms with Crippen molar-refractivity contribution in [3.63, 3.8) is 0 Å². The van der Waals surface area contributed by atoms with E-state index in [0.717, 1.165) is 5.56 Å². The number of carbonyl (C=O) groups is 2. The summed E-state index contributed by atoms with van der Waals surface area (Å²) in [6, 6.07) is 9.19. The number of hydrogen-bond acceptors (Lipinski definition) is 8. The van der Waals surface area contributed by atoms with Gasteiger partial charge in [0.25, 0.3) is 0 Å². The first-order valence-electron chi connectivity index (χ1n) is 9.99. The van der Waals surface area contributed by atoms with Crippen molar-refractivity contribution in [3.8, 4) is 16.5 Å². The van der Waals surface area contributed by atoms with Crippen LogP contribution in [-0.4, -0.2) is 39.0 Å². The van der Waals surface area contributed by atoms with Gasteiger partial charge >= 0.3 is 12.1 Å². The Labute approximate surface area is 202 Å². The number of amides is 3. The molecule has 0 saturated heterocycles. The number of rotatable bonds is 7. The zero-order valence-corrected chi connectivity index (χ0v) is 19.5. The average Bonchev–Trinajstić information content (AvgIpc) is 3.48. The number of carbonyl (C=O) groups excluding carboxylic acids is 2. The number of urea groups is 1. The predicted octanol–water partition coefficient (Wildman–Crippen LogP) is 4.75. The van der Waals surface area contributed by atoms with Crippen molar-refractivity contribution >= 4 is 39.9 Å². The van der Waals surface area contributed by atoms with E-state index in [9.17, 15) is 14.0 Å². The first kappa shape index (κ1) is 23.3. The number of pyridine rings is 1. The van der Waals surface area contributed by atoms with Crippen LogP contribution in [0.3, 0.4) is 0 Å². The fourth-order valence-corrected chi connectivity index (χ4v) is 4.22. The Morgan fingerprint density at radius 3 is 2.82 bits per heavy atom. The maximum absolute atomic E-state index is 13.2. The van der Waals surface area contributed by atoms with Gasteiger partial charge in [0.2, 0.25) is 5.88 Å². The highest BCUT2D eigenvalue weighted by Gasteiger charge is 2.16. The zero-order chi connectivity index (χ0) is 23.9. The van der Waals surface area contributed by atoms with Gasteiger partial charge < -0.3 is 15.0 Å². The summed E-state index contributed by atoms with van der Waals surface area (Å²) in [7, 11) is 1.58. The van der Waals surface area contributed by atoms with Crippen molar-refractivity contribution in [3.05, 3.63) is 76.6 Å². The lowest BCUT2D eigenvalue weighted by Gasteiger charge is -2.14. The molecule has 0 spiro atoms. The smallest absolute Gasteiger partial charge is 0.390 e. The van der Waals surface area contributed by atoms with E-state index in [0.29, 0.717) is 21.4 Å². The second-order valence-electron chi connectivity index (χ2n) is 7.04. The third kappa shape index (κ3) is 6.33. The molecule has 4 aromatic rings. The van der Waals surface area contributed by atoms with Gasteiger partial charge in [0, 0.05) is 36.9 Å². The van der Waals surface area contributed by atoms with Gasteiger partial charge in [-0.2, -0.15) is 0 Å². The summed E-state index contributed by atoms with van der Waals surface area (Å²) in [5.74, 6) is -0.160. The van der Waals surface area contributed by atoms with Gasteiger partial charge in [0.05, 0.1) is 17.6 Å². The zero-order valence-electron chi connectivity index (χ0n) is 17.9. The van der Waals surface area contributed by atoms with Crippen molar-refractivity contribution in [1.82, 2.24) is 25.2 Å². The summed E-state index contributed by atoms with van der Waals surface area (Å²) in [6.07, 6.45) is 2.77. The number of halogens is 1. The Bertz CT molecular complexity index is 1280. The maximum atomic E-state index is 13.2. The lowest BCUT2D eigenvalue weighted by atomic mass is 10.2. The second kappa shape index (κ2) is 10.8. The minimum atomic E-state index is -0.585. The number of nitrogens with one attached hydrogen (secondary N) is 2. The number of anilines is 1. The van der Waals surface area contributed by atoms with Gasteiger partial charge in [0.1, 0.15) is 10.8 Å². The van der Waals surface area contributed by atoms with E-state index in [-0.39, 0.29) is 24.8 Å². The Kier molecular flexibility index (Phi) is 7.40. The van der Waals surface area contributed by atoms with Crippen LogP contribution >= 0.6 is 22.7 Å². The number of nitrogens with zero attached hydrogens (tertiary/aromatic N) is 4. The van der Waals surface area contributed by atoms with Crippen LogP contribution in [0.2, 0.25) is 0 Å². The molecule has 9 nitrogen and oxygen atoms in total. The number of thiazole rings is 2. The fourth-order valence-electron chi connectivity index (χ4n) is 2.81. The Morgan fingerprint density at radius 1 is 1.15 bits per heavy atom. The monoisotopic (exact) mass is 498 g/mol. The fraction of sp³-hybridized carbons (Fsp3) is 0.136. The summed E-state index contributed by atoms with van der Waals surface area (Å²) >= 11 is 2.57. The molecule has 0 aliphatic heterocycles. The molecule has 12 heteroatoms. The van der Waals surface area contributed by atoms with Gasteiger partial charge in [-0.3, -0.25) is 10.3 Å². The minimum absolute atomic E-state index is 0.176. The number of aromatic nitrogens is 3. The normalized spacial score (nSPS) is 10.5. The second-order valence-corrected chi connectivity index (χ2v) is 8.75. The molecule has 0 saturated carbocycles. The Balaban J connectivity index is 1.25. The SMILES string of the molecule is CN(Cc1csc(NC(=O)NCc2cccc(F)c2)n1)C(=O)Oc1csc(-c2cccnc2)n1. The highest BCUT2D eigenvalue weighted by atomic mass is 32.1. The highest BCUT2D eigenvalue weighted by molar-refractivity contribution is 7.14. The first-order chi connectivity index (χ1) is 16.5. The highest BCUT2D eigenvalue weighted by Crippen LogP contribution is 2.26. The van der Waals surface area contributed by atoms with Crippen LogP contribution in [0.5, 0.6) is 5.88 Å². The molecule has 34 heavy (non-hydrogen) atoms. The van der Waals surface area contributed by atoms with Crippen LogP contribution in [0.15, 0.2) is 59.6 Å². The Hall–Kier alpha value is -3.90. The molecule has 0 fully saturated rings. The number of hydrogen-bond donors (Lipinski definition) is 2. The van der Waals surface area contributed by atoms with Gasteiger partial charge in [-0.1, -0.05) is 12.1 Å². The first-order valence-corrected chi connectivity index (χ1v) is 11.7. The molecule has 0 bridgehead atoms. The van der Waals surface area contributed by atoms with Gasteiger partial charge in [-0.05, 0) is 29.8 Å². The number of benzene rings is 1. The summed E-state index contributed by atoms with van der Waals surface area (Å²) < 4.78 is 18.6. The van der Waals surface area contributed by atoms with Crippen LogP contribution in [0.1, 0.15) is 11.3 Å². The molecule has 1 aromatic carbocycles. The van der Waals surface area contributed by atoms with Gasteiger partial charge in [-0.25, -0.2) is 23.9 Å². The molecule has 0 aliphatic rings. The maximum Gasteiger partial charge on any atom is 0.416 e. The molecular weight excluding hydrogens is 479 g/mol. The summed E-state index contributed by atoms with van der Waals surface area (Å²) in [5, 5.41) is 9.72. The van der Waals surface area contributed by atoms with Gasteiger partial charge in [-0.15, -0.1) is 22.7 Å². The molecule has 0 radical (unpaired) electrons. The van der Waals surface area contributed by atoms with Crippen molar-refractivity contribution < 1.29 is 18.7 Å². The minimum Gasteiger partial charge on any atom is -0.390 e. The Morgan fingerprint density at radius 2 is 2.03 bits per heavy atom. The molecular formula is C22H19FN6O3S2. The van der Waals surface area contributed by atoms with Crippen LogP contribution in [0.25, 0.3) is 10.6 Å². The van der Waals surface area contributed by atoms with E-state index >= 15 is 0 Å². The van der Waals surface area contributed by atoms with Crippen LogP contribution < -0.4 is 15.4 Å². The summed E-state index contributed by atoms with van der Waals surface area (Å²) in [4.78, 5) is 38.5. The summed E-state index contributed by atoms with van der Waals surface area (Å²) in [5.41, 5.74) is 2.06. The van der Waals surface area contributed by atoms with E-state index in [1.165, 1.54) is 39.7 Å². The van der Waals surface area contributed by atoms with Gasteiger partial charge in [0.15, 0.2) is 5.13 Å². The number of ether oxygens (including phenoxy) is 1. The molecule has 0 atom stereocenters. The van der Waals surface area contributed by atoms with Crippen LogP contribution in [0.4, 0.5) is 19.1 Å². The van der Waals surface area contributed by atoms with Crippen molar-refractivity contribution in [2.24, 2.45) is 0 Å². The van der Waals surface area contributed by atoms with E-state index < -0.39 is 12.1 Å². The molecule has 3 amide bonds. The van der Waals surface area contributed by atoms with E-state index in [2.05, 4.69) is 25.6 Å².